The monoisotopic (exact) mass is 408 g/mol. The standard InChI is InChI=1S/C25H32N2O3/c1-16(22-12-20-5-2-3-6-21(20)30-22)27-23(28)7-4-8-26-24(29)25-13-17-9-18(14-25)11-19(10-17)15-25/h2-3,5-6,12,16-19H,4,7-11,13-15H2,1H3,(H,26,29)(H,27,28)/t16-,17?,18?,19?,25?/m0/s1. The third-order valence-corrected chi connectivity index (χ3v) is 7.63. The van der Waals surface area contributed by atoms with Crippen LogP contribution in [0.1, 0.15) is 70.1 Å². The Morgan fingerprint density at radius 2 is 1.77 bits per heavy atom. The normalized spacial score (nSPS) is 30.4. The van der Waals surface area contributed by atoms with Crippen LogP contribution in [0.25, 0.3) is 11.0 Å². The summed E-state index contributed by atoms with van der Waals surface area (Å²) in [5, 5.41) is 7.21. The quantitative estimate of drug-likeness (QED) is 0.651. The molecule has 4 saturated carbocycles. The number of benzene rings is 1. The minimum absolute atomic E-state index is 0.00740. The molecule has 4 bridgehead atoms. The lowest BCUT2D eigenvalue weighted by Crippen LogP contribution is -2.53. The average molecular weight is 409 g/mol. The average Bonchev–Trinajstić information content (AvgIpc) is 3.14. The highest BCUT2D eigenvalue weighted by molar-refractivity contribution is 5.83. The number of hydrogen-bond acceptors (Lipinski definition) is 3. The zero-order chi connectivity index (χ0) is 20.7. The molecule has 5 nitrogen and oxygen atoms in total. The van der Waals surface area contributed by atoms with Gasteiger partial charge < -0.3 is 15.1 Å². The third-order valence-electron chi connectivity index (χ3n) is 7.63. The lowest BCUT2D eigenvalue weighted by atomic mass is 9.49. The van der Waals surface area contributed by atoms with E-state index in [2.05, 4.69) is 10.6 Å². The summed E-state index contributed by atoms with van der Waals surface area (Å²) in [5.41, 5.74) is 0.730. The van der Waals surface area contributed by atoms with Crippen molar-refractivity contribution in [2.24, 2.45) is 23.2 Å². The van der Waals surface area contributed by atoms with Gasteiger partial charge in [0.1, 0.15) is 11.3 Å². The van der Waals surface area contributed by atoms with Crippen molar-refractivity contribution in [2.75, 3.05) is 6.54 Å². The molecule has 5 heteroatoms. The van der Waals surface area contributed by atoms with E-state index in [9.17, 15) is 9.59 Å². The second kappa shape index (κ2) is 7.75. The van der Waals surface area contributed by atoms with Gasteiger partial charge in [0, 0.05) is 23.8 Å². The maximum Gasteiger partial charge on any atom is 0.226 e. The van der Waals surface area contributed by atoms with Crippen LogP contribution < -0.4 is 10.6 Å². The molecule has 4 fully saturated rings. The van der Waals surface area contributed by atoms with Crippen molar-refractivity contribution in [2.45, 2.75) is 64.3 Å². The van der Waals surface area contributed by atoms with Gasteiger partial charge in [0.15, 0.2) is 0 Å². The lowest BCUT2D eigenvalue weighted by Gasteiger charge is -2.55. The molecule has 0 saturated heterocycles. The summed E-state index contributed by atoms with van der Waals surface area (Å²) in [6.45, 7) is 2.51. The third kappa shape index (κ3) is 3.75. The van der Waals surface area contributed by atoms with E-state index in [0.29, 0.717) is 19.4 Å². The molecule has 0 aliphatic heterocycles. The Labute approximate surface area is 178 Å². The Kier molecular flexibility index (Phi) is 5.08. The second-order valence-corrected chi connectivity index (χ2v) is 10.0. The summed E-state index contributed by atoms with van der Waals surface area (Å²) in [5.74, 6) is 3.32. The number of carbonyl (C=O) groups excluding carboxylic acids is 2. The lowest BCUT2D eigenvalue weighted by molar-refractivity contribution is -0.146. The molecular weight excluding hydrogens is 376 g/mol. The molecule has 30 heavy (non-hydrogen) atoms. The SMILES string of the molecule is C[C@H](NC(=O)CCCNC(=O)C12CC3CC(CC(C3)C1)C2)c1cc2ccccc2o1. The summed E-state index contributed by atoms with van der Waals surface area (Å²) in [6, 6.07) is 9.65. The Hall–Kier alpha value is -2.30. The summed E-state index contributed by atoms with van der Waals surface area (Å²) < 4.78 is 5.83. The van der Waals surface area contributed by atoms with Gasteiger partial charge >= 0.3 is 0 Å². The Morgan fingerprint density at radius 1 is 1.10 bits per heavy atom. The highest BCUT2D eigenvalue weighted by Gasteiger charge is 2.54. The maximum atomic E-state index is 13.0. The molecule has 1 aromatic heterocycles. The number of furan rings is 1. The molecular formula is C25H32N2O3. The molecule has 0 spiro atoms. The molecule has 1 atom stereocenters. The van der Waals surface area contributed by atoms with Gasteiger partial charge in [0.25, 0.3) is 0 Å². The van der Waals surface area contributed by atoms with Crippen molar-refractivity contribution in [3.05, 3.63) is 36.1 Å². The summed E-state index contributed by atoms with van der Waals surface area (Å²) >= 11 is 0. The number of rotatable bonds is 7. The molecule has 2 aromatic rings. The van der Waals surface area contributed by atoms with Crippen molar-refractivity contribution >= 4 is 22.8 Å². The minimum atomic E-state index is -0.175. The maximum absolute atomic E-state index is 13.0. The number of nitrogens with one attached hydrogen (secondary N) is 2. The van der Waals surface area contributed by atoms with Crippen LogP contribution in [-0.4, -0.2) is 18.4 Å². The Balaban J connectivity index is 1.07. The summed E-state index contributed by atoms with van der Waals surface area (Å²) in [7, 11) is 0. The van der Waals surface area contributed by atoms with E-state index in [1.807, 2.05) is 37.3 Å². The van der Waals surface area contributed by atoms with Crippen LogP contribution in [0, 0.1) is 23.2 Å². The molecule has 4 aliphatic carbocycles. The topological polar surface area (TPSA) is 71.3 Å². The van der Waals surface area contributed by atoms with Gasteiger partial charge in [-0.1, -0.05) is 18.2 Å². The number of amides is 2. The van der Waals surface area contributed by atoms with Crippen molar-refractivity contribution in [3.63, 3.8) is 0 Å². The highest BCUT2D eigenvalue weighted by Crippen LogP contribution is 2.60. The van der Waals surface area contributed by atoms with Crippen molar-refractivity contribution < 1.29 is 14.0 Å². The first-order chi connectivity index (χ1) is 14.5. The second-order valence-electron chi connectivity index (χ2n) is 10.0. The van der Waals surface area contributed by atoms with Gasteiger partial charge in [-0.25, -0.2) is 0 Å². The summed E-state index contributed by atoms with van der Waals surface area (Å²) in [4.78, 5) is 25.3. The number of hydrogen-bond donors (Lipinski definition) is 2. The van der Waals surface area contributed by atoms with Crippen molar-refractivity contribution in [1.82, 2.24) is 10.6 Å². The first-order valence-corrected chi connectivity index (χ1v) is 11.6. The van der Waals surface area contributed by atoms with E-state index in [1.165, 1.54) is 19.3 Å². The molecule has 2 N–H and O–H groups in total. The van der Waals surface area contributed by atoms with E-state index in [1.54, 1.807) is 0 Å². The molecule has 1 heterocycles. The summed E-state index contributed by atoms with van der Waals surface area (Å²) in [6.07, 6.45) is 8.35. The van der Waals surface area contributed by atoms with Crippen LogP contribution in [0.5, 0.6) is 0 Å². The first-order valence-electron chi connectivity index (χ1n) is 11.6. The van der Waals surface area contributed by atoms with E-state index in [-0.39, 0.29) is 23.3 Å². The molecule has 160 valence electrons. The van der Waals surface area contributed by atoms with Gasteiger partial charge in [0.05, 0.1) is 6.04 Å². The van der Waals surface area contributed by atoms with Crippen LogP contribution in [0.4, 0.5) is 0 Å². The van der Waals surface area contributed by atoms with Crippen molar-refractivity contribution in [1.29, 1.82) is 0 Å². The predicted octanol–water partition coefficient (Wildman–Crippen LogP) is 4.72. The van der Waals surface area contributed by atoms with Crippen LogP contribution in [0.3, 0.4) is 0 Å². The Morgan fingerprint density at radius 3 is 2.43 bits per heavy atom. The smallest absolute Gasteiger partial charge is 0.226 e. The molecule has 2 amide bonds. The number of para-hydroxylation sites is 1. The molecule has 1 aromatic carbocycles. The molecule has 0 radical (unpaired) electrons. The van der Waals surface area contributed by atoms with Gasteiger partial charge in [-0.05, 0) is 81.8 Å². The minimum Gasteiger partial charge on any atom is -0.459 e. The fourth-order valence-corrected chi connectivity index (χ4v) is 6.63. The van der Waals surface area contributed by atoms with Gasteiger partial charge in [-0.3, -0.25) is 9.59 Å². The fraction of sp³-hybridized carbons (Fsp3) is 0.600. The first kappa shape index (κ1) is 19.7. The highest BCUT2D eigenvalue weighted by atomic mass is 16.3. The number of carbonyl (C=O) groups is 2. The zero-order valence-electron chi connectivity index (χ0n) is 17.8. The van der Waals surface area contributed by atoms with Crippen LogP contribution in [0.15, 0.2) is 34.7 Å². The van der Waals surface area contributed by atoms with E-state index in [4.69, 9.17) is 4.42 Å². The molecule has 4 aliphatic rings. The van der Waals surface area contributed by atoms with Crippen LogP contribution in [0.2, 0.25) is 0 Å². The fourth-order valence-electron chi connectivity index (χ4n) is 6.63. The van der Waals surface area contributed by atoms with E-state index < -0.39 is 0 Å². The van der Waals surface area contributed by atoms with E-state index >= 15 is 0 Å². The Bertz CT molecular complexity index is 878. The predicted molar refractivity (Wildman–Crippen MR) is 116 cm³/mol. The molecule has 0 unspecified atom stereocenters. The molecule has 6 rings (SSSR count). The van der Waals surface area contributed by atoms with Gasteiger partial charge in [0.2, 0.25) is 11.8 Å². The van der Waals surface area contributed by atoms with Gasteiger partial charge in [-0.2, -0.15) is 0 Å². The van der Waals surface area contributed by atoms with Crippen LogP contribution in [-0.2, 0) is 9.59 Å². The zero-order valence-corrected chi connectivity index (χ0v) is 17.8. The van der Waals surface area contributed by atoms with Crippen molar-refractivity contribution in [3.8, 4) is 0 Å². The number of fused-ring (bicyclic) bond motifs is 1. The van der Waals surface area contributed by atoms with Gasteiger partial charge in [-0.15, -0.1) is 0 Å². The van der Waals surface area contributed by atoms with E-state index in [0.717, 1.165) is 53.7 Å². The largest absolute Gasteiger partial charge is 0.459 e. The van der Waals surface area contributed by atoms with Crippen LogP contribution >= 0.6 is 0 Å².